The van der Waals surface area contributed by atoms with E-state index < -0.39 is 0 Å². The normalized spacial score (nSPS) is 10.3. The van der Waals surface area contributed by atoms with E-state index >= 15 is 0 Å². The molecule has 3 aromatic heterocycles. The molecule has 0 unspecified atom stereocenters. The molecule has 0 fully saturated rings. The first-order valence-electron chi connectivity index (χ1n) is 6.48. The second kappa shape index (κ2) is 6.32. The lowest BCUT2D eigenvalue weighted by Gasteiger charge is -1.97. The number of pyridine rings is 1. The summed E-state index contributed by atoms with van der Waals surface area (Å²) in [6.07, 6.45) is 3.36. The van der Waals surface area contributed by atoms with Gasteiger partial charge in [-0.25, -0.2) is 0 Å². The largest absolute Gasteiger partial charge is 0.334 e. The maximum Gasteiger partial charge on any atom is 0.259 e. The first kappa shape index (κ1) is 14.8. The molecule has 9 heteroatoms. The lowest BCUT2D eigenvalue weighted by Crippen LogP contribution is -1.85. The Morgan fingerprint density at radius 3 is 2.52 bits per heavy atom. The number of tetrazole rings is 1. The highest BCUT2D eigenvalue weighted by Crippen LogP contribution is 2.24. The third-order valence-corrected chi connectivity index (χ3v) is 3.06. The summed E-state index contributed by atoms with van der Waals surface area (Å²) in [7, 11) is 0. The molecule has 8 nitrogen and oxygen atoms in total. The smallest absolute Gasteiger partial charge is 0.259 e. The van der Waals surface area contributed by atoms with E-state index in [2.05, 4.69) is 35.7 Å². The zero-order valence-electron chi connectivity index (χ0n) is 11.6. The molecule has 0 aliphatic rings. The molecular formula is C14H10ClN7O. The highest BCUT2D eigenvalue weighted by atomic mass is 35.5. The molecule has 4 aromatic rings. The van der Waals surface area contributed by atoms with Crippen LogP contribution in [-0.4, -0.2) is 35.7 Å². The van der Waals surface area contributed by atoms with Crippen LogP contribution in [0.5, 0.6) is 0 Å². The van der Waals surface area contributed by atoms with Crippen molar-refractivity contribution in [3.8, 4) is 34.2 Å². The van der Waals surface area contributed by atoms with E-state index in [9.17, 15) is 0 Å². The van der Waals surface area contributed by atoms with Crippen LogP contribution in [0.4, 0.5) is 0 Å². The minimum Gasteiger partial charge on any atom is -0.334 e. The van der Waals surface area contributed by atoms with E-state index in [1.165, 1.54) is 0 Å². The minimum atomic E-state index is 0. The highest BCUT2D eigenvalue weighted by molar-refractivity contribution is 5.85. The molecule has 0 radical (unpaired) electrons. The number of aromatic amines is 1. The standard InChI is InChI=1S/C14H9N7O.ClH/c1-3-9(7-10(4-1)13-17-20-21-18-13)12-16-14(22-19-12)11-5-2-6-15-8-11;/h1-8H,(H,17,18,20,21);1H. The third-order valence-electron chi connectivity index (χ3n) is 3.06. The highest BCUT2D eigenvalue weighted by Gasteiger charge is 2.12. The molecule has 0 atom stereocenters. The number of halogens is 1. The van der Waals surface area contributed by atoms with Gasteiger partial charge in [-0.05, 0) is 23.4 Å². The van der Waals surface area contributed by atoms with Gasteiger partial charge < -0.3 is 4.52 Å². The summed E-state index contributed by atoms with van der Waals surface area (Å²) < 4.78 is 5.28. The Bertz CT molecular complexity index is 892. The molecule has 0 saturated heterocycles. The zero-order chi connectivity index (χ0) is 14.8. The van der Waals surface area contributed by atoms with Gasteiger partial charge in [0.1, 0.15) is 0 Å². The van der Waals surface area contributed by atoms with E-state index in [4.69, 9.17) is 4.52 Å². The summed E-state index contributed by atoms with van der Waals surface area (Å²) in [5.74, 6) is 1.43. The maximum absolute atomic E-state index is 5.28. The van der Waals surface area contributed by atoms with Crippen LogP contribution in [0, 0.1) is 0 Å². The van der Waals surface area contributed by atoms with E-state index in [-0.39, 0.29) is 12.4 Å². The van der Waals surface area contributed by atoms with Crippen LogP contribution in [-0.2, 0) is 0 Å². The quantitative estimate of drug-likeness (QED) is 0.615. The fraction of sp³-hybridized carbons (Fsp3) is 0. The SMILES string of the molecule is Cl.c1cc(-c2nn[nH]n2)cc(-c2noc(-c3cccnc3)n2)c1. The predicted octanol–water partition coefficient (Wildman–Crippen LogP) is 2.40. The fourth-order valence-electron chi connectivity index (χ4n) is 2.03. The first-order chi connectivity index (χ1) is 10.9. The molecule has 0 aliphatic heterocycles. The summed E-state index contributed by atoms with van der Waals surface area (Å²) >= 11 is 0. The van der Waals surface area contributed by atoms with Crippen molar-refractivity contribution in [1.82, 2.24) is 35.7 Å². The Morgan fingerprint density at radius 1 is 0.957 bits per heavy atom. The van der Waals surface area contributed by atoms with Crippen molar-refractivity contribution in [3.63, 3.8) is 0 Å². The van der Waals surface area contributed by atoms with Gasteiger partial charge in [0.05, 0.1) is 5.56 Å². The molecule has 0 aliphatic carbocycles. The minimum absolute atomic E-state index is 0. The number of nitrogens with one attached hydrogen (secondary N) is 1. The van der Waals surface area contributed by atoms with Crippen molar-refractivity contribution < 1.29 is 4.52 Å². The third kappa shape index (κ3) is 2.92. The molecule has 0 spiro atoms. The molecule has 1 N–H and O–H groups in total. The van der Waals surface area contributed by atoms with Crippen molar-refractivity contribution >= 4 is 12.4 Å². The van der Waals surface area contributed by atoms with E-state index in [1.807, 2.05) is 36.4 Å². The summed E-state index contributed by atoms with van der Waals surface area (Å²) in [6, 6.07) is 11.2. The Morgan fingerprint density at radius 2 is 1.78 bits per heavy atom. The molecule has 1 aromatic carbocycles. The number of hydrogen-bond donors (Lipinski definition) is 1. The van der Waals surface area contributed by atoms with Gasteiger partial charge in [0.15, 0.2) is 0 Å². The fourth-order valence-corrected chi connectivity index (χ4v) is 2.03. The number of nitrogens with zero attached hydrogens (tertiary/aromatic N) is 6. The topological polar surface area (TPSA) is 106 Å². The van der Waals surface area contributed by atoms with Crippen LogP contribution >= 0.6 is 12.4 Å². The van der Waals surface area contributed by atoms with Gasteiger partial charge in [-0.2, -0.15) is 10.2 Å². The zero-order valence-corrected chi connectivity index (χ0v) is 12.4. The van der Waals surface area contributed by atoms with Crippen LogP contribution < -0.4 is 0 Å². The molecule has 114 valence electrons. The van der Waals surface area contributed by atoms with Crippen LogP contribution in [0.1, 0.15) is 0 Å². The predicted molar refractivity (Wildman–Crippen MR) is 83.4 cm³/mol. The molecule has 23 heavy (non-hydrogen) atoms. The second-order valence-corrected chi connectivity index (χ2v) is 4.48. The van der Waals surface area contributed by atoms with Crippen molar-refractivity contribution in [2.75, 3.05) is 0 Å². The molecule has 4 rings (SSSR count). The number of hydrogen-bond acceptors (Lipinski definition) is 7. The van der Waals surface area contributed by atoms with Gasteiger partial charge in [0, 0.05) is 23.5 Å². The van der Waals surface area contributed by atoms with Gasteiger partial charge in [0.25, 0.3) is 5.89 Å². The Hall–Kier alpha value is -3.13. The van der Waals surface area contributed by atoms with Gasteiger partial charge >= 0.3 is 0 Å². The Balaban J connectivity index is 0.00000156. The van der Waals surface area contributed by atoms with Crippen molar-refractivity contribution in [2.45, 2.75) is 0 Å². The summed E-state index contributed by atoms with van der Waals surface area (Å²) in [6.45, 7) is 0. The van der Waals surface area contributed by atoms with Gasteiger partial charge in [-0.1, -0.05) is 23.4 Å². The molecule has 0 bridgehead atoms. The Labute approximate surface area is 136 Å². The summed E-state index contributed by atoms with van der Waals surface area (Å²) in [5.41, 5.74) is 2.40. The van der Waals surface area contributed by atoms with E-state index in [0.29, 0.717) is 17.5 Å². The molecule has 0 saturated carbocycles. The number of H-pyrrole nitrogens is 1. The lowest BCUT2D eigenvalue weighted by atomic mass is 10.1. The van der Waals surface area contributed by atoms with Crippen LogP contribution in [0.3, 0.4) is 0 Å². The average molecular weight is 328 g/mol. The maximum atomic E-state index is 5.28. The van der Waals surface area contributed by atoms with Crippen LogP contribution in [0.2, 0.25) is 0 Å². The van der Waals surface area contributed by atoms with Gasteiger partial charge in [-0.3, -0.25) is 4.98 Å². The average Bonchev–Trinajstić information content (AvgIpc) is 3.28. The van der Waals surface area contributed by atoms with Crippen molar-refractivity contribution in [1.29, 1.82) is 0 Å². The monoisotopic (exact) mass is 327 g/mol. The molecule has 3 heterocycles. The van der Waals surface area contributed by atoms with Crippen molar-refractivity contribution in [2.24, 2.45) is 0 Å². The lowest BCUT2D eigenvalue weighted by molar-refractivity contribution is 0.432. The molecule has 0 amide bonds. The first-order valence-corrected chi connectivity index (χ1v) is 6.48. The summed E-state index contributed by atoms with van der Waals surface area (Å²) in [5, 5.41) is 17.9. The van der Waals surface area contributed by atoms with Crippen LogP contribution in [0.15, 0.2) is 53.3 Å². The summed E-state index contributed by atoms with van der Waals surface area (Å²) in [4.78, 5) is 8.43. The van der Waals surface area contributed by atoms with E-state index in [0.717, 1.165) is 16.7 Å². The number of aromatic nitrogens is 7. The van der Waals surface area contributed by atoms with Crippen molar-refractivity contribution in [3.05, 3.63) is 48.8 Å². The number of benzene rings is 1. The van der Waals surface area contributed by atoms with Crippen LogP contribution in [0.25, 0.3) is 34.2 Å². The Kier molecular flexibility index (Phi) is 4.07. The van der Waals surface area contributed by atoms with Gasteiger partial charge in [0.2, 0.25) is 11.6 Å². The second-order valence-electron chi connectivity index (χ2n) is 4.48. The molecular weight excluding hydrogens is 318 g/mol. The van der Waals surface area contributed by atoms with Gasteiger partial charge in [-0.15, -0.1) is 22.6 Å². The number of rotatable bonds is 3. The van der Waals surface area contributed by atoms with E-state index in [1.54, 1.807) is 12.4 Å².